The van der Waals surface area contributed by atoms with E-state index in [0.29, 0.717) is 11.6 Å². The van der Waals surface area contributed by atoms with Crippen LogP contribution in [0.15, 0.2) is 36.4 Å². The van der Waals surface area contributed by atoms with Gasteiger partial charge in [-0.3, -0.25) is 4.79 Å². The number of rotatable bonds is 4. The highest BCUT2D eigenvalue weighted by Crippen LogP contribution is 2.19. The van der Waals surface area contributed by atoms with Crippen LogP contribution in [0, 0.1) is 0 Å². The molecule has 18 heavy (non-hydrogen) atoms. The van der Waals surface area contributed by atoms with Crippen LogP contribution in [0.1, 0.15) is 5.56 Å². The van der Waals surface area contributed by atoms with Crippen molar-refractivity contribution in [3.63, 3.8) is 0 Å². The van der Waals surface area contributed by atoms with Crippen LogP contribution in [0.5, 0.6) is 5.88 Å². The summed E-state index contributed by atoms with van der Waals surface area (Å²) in [6.07, 6.45) is -0.00256. The Morgan fingerprint density at radius 3 is 2.72 bits per heavy atom. The number of hydrogen-bond donors (Lipinski definition) is 1. The molecule has 0 radical (unpaired) electrons. The molecule has 1 aromatic heterocycles. The summed E-state index contributed by atoms with van der Waals surface area (Å²) < 4.78 is 4.93. The first kappa shape index (κ1) is 12.0. The molecule has 0 aliphatic carbocycles. The van der Waals surface area contributed by atoms with Gasteiger partial charge in [-0.15, -0.1) is 10.2 Å². The molecular weight excluding hydrogens is 232 g/mol. The van der Waals surface area contributed by atoms with E-state index >= 15 is 0 Å². The second kappa shape index (κ2) is 5.27. The lowest BCUT2D eigenvalue weighted by Crippen LogP contribution is -2.00. The Morgan fingerprint density at radius 2 is 2.11 bits per heavy atom. The molecule has 5 nitrogen and oxygen atoms in total. The lowest BCUT2D eigenvalue weighted by Gasteiger charge is -2.03. The molecule has 1 aromatic carbocycles. The highest BCUT2D eigenvalue weighted by atomic mass is 16.5. The number of hydrogen-bond acceptors (Lipinski definition) is 4. The van der Waals surface area contributed by atoms with Gasteiger partial charge in [0, 0.05) is 11.6 Å². The van der Waals surface area contributed by atoms with Crippen molar-refractivity contribution in [3.05, 3.63) is 42.0 Å². The second-order valence-corrected chi connectivity index (χ2v) is 3.73. The molecule has 0 aliphatic heterocycles. The maximum Gasteiger partial charge on any atom is 0.307 e. The third-order valence-corrected chi connectivity index (χ3v) is 2.43. The number of nitrogens with zero attached hydrogens (tertiary/aromatic N) is 2. The summed E-state index contributed by atoms with van der Waals surface area (Å²) in [5.74, 6) is -0.409. The molecule has 0 spiro atoms. The van der Waals surface area contributed by atoms with E-state index in [0.717, 1.165) is 11.1 Å². The first-order chi connectivity index (χ1) is 8.69. The minimum absolute atomic E-state index is 0.00256. The van der Waals surface area contributed by atoms with Crippen LogP contribution in [0.2, 0.25) is 0 Å². The molecular formula is C13H12N2O3. The predicted octanol–water partition coefficient (Wildman–Crippen LogP) is 1.78. The number of carbonyl (C=O) groups is 1. The van der Waals surface area contributed by atoms with E-state index in [1.54, 1.807) is 30.3 Å². The van der Waals surface area contributed by atoms with Crippen molar-refractivity contribution in [2.24, 2.45) is 0 Å². The van der Waals surface area contributed by atoms with Gasteiger partial charge < -0.3 is 9.84 Å². The standard InChI is InChI=1S/C13H12N2O3/c1-18-12-6-5-11(14-15-12)10-4-2-3-9(7-10)8-13(16)17/h2-7H,8H2,1H3,(H,16,17). The van der Waals surface area contributed by atoms with Gasteiger partial charge in [-0.1, -0.05) is 18.2 Å². The number of aromatic nitrogens is 2. The van der Waals surface area contributed by atoms with Gasteiger partial charge in [0.25, 0.3) is 0 Å². The zero-order valence-electron chi connectivity index (χ0n) is 9.83. The quantitative estimate of drug-likeness (QED) is 0.887. The molecule has 0 fully saturated rings. The predicted molar refractivity (Wildman–Crippen MR) is 65.4 cm³/mol. The summed E-state index contributed by atoms with van der Waals surface area (Å²) in [7, 11) is 1.52. The van der Waals surface area contributed by atoms with E-state index < -0.39 is 5.97 Å². The number of carboxylic acids is 1. The number of methoxy groups -OCH3 is 1. The normalized spacial score (nSPS) is 10.1. The molecule has 0 amide bonds. The van der Waals surface area contributed by atoms with Gasteiger partial charge >= 0.3 is 5.97 Å². The number of aliphatic carboxylic acids is 1. The molecule has 0 unspecified atom stereocenters. The topological polar surface area (TPSA) is 72.3 Å². The molecule has 1 heterocycles. The first-order valence-corrected chi connectivity index (χ1v) is 5.38. The van der Waals surface area contributed by atoms with Crippen LogP contribution in [-0.4, -0.2) is 28.4 Å². The molecule has 5 heteroatoms. The highest BCUT2D eigenvalue weighted by molar-refractivity contribution is 5.71. The van der Waals surface area contributed by atoms with Gasteiger partial charge in [-0.2, -0.15) is 0 Å². The molecule has 0 saturated carbocycles. The summed E-state index contributed by atoms with van der Waals surface area (Å²) in [4.78, 5) is 10.7. The average molecular weight is 244 g/mol. The van der Waals surface area contributed by atoms with E-state index in [2.05, 4.69) is 10.2 Å². The van der Waals surface area contributed by atoms with Crippen molar-refractivity contribution in [3.8, 4) is 17.1 Å². The Bertz CT molecular complexity index is 552. The van der Waals surface area contributed by atoms with E-state index in [1.807, 2.05) is 6.07 Å². The molecule has 1 N–H and O–H groups in total. The Kier molecular flexibility index (Phi) is 3.52. The Labute approximate surface area is 104 Å². The van der Waals surface area contributed by atoms with Crippen LogP contribution in [0.3, 0.4) is 0 Å². The summed E-state index contributed by atoms with van der Waals surface area (Å²) in [6.45, 7) is 0. The summed E-state index contributed by atoms with van der Waals surface area (Å²) in [5, 5.41) is 16.6. The van der Waals surface area contributed by atoms with Crippen LogP contribution in [0.4, 0.5) is 0 Å². The SMILES string of the molecule is COc1ccc(-c2cccc(CC(=O)O)c2)nn1. The van der Waals surface area contributed by atoms with E-state index in [1.165, 1.54) is 7.11 Å². The Balaban J connectivity index is 2.29. The highest BCUT2D eigenvalue weighted by Gasteiger charge is 2.04. The summed E-state index contributed by atoms with van der Waals surface area (Å²) in [5.41, 5.74) is 2.25. The van der Waals surface area contributed by atoms with Crippen LogP contribution < -0.4 is 4.74 Å². The Hall–Kier alpha value is -2.43. The molecule has 0 atom stereocenters. The van der Waals surface area contributed by atoms with Gasteiger partial charge in [0.1, 0.15) is 0 Å². The lowest BCUT2D eigenvalue weighted by molar-refractivity contribution is -0.136. The van der Waals surface area contributed by atoms with Gasteiger partial charge in [0.2, 0.25) is 5.88 Å². The van der Waals surface area contributed by atoms with Crippen LogP contribution >= 0.6 is 0 Å². The van der Waals surface area contributed by atoms with Gasteiger partial charge in [0.15, 0.2) is 0 Å². The minimum atomic E-state index is -0.854. The summed E-state index contributed by atoms with van der Waals surface area (Å²) >= 11 is 0. The average Bonchev–Trinajstić information content (AvgIpc) is 2.38. The van der Waals surface area contributed by atoms with Gasteiger partial charge in [-0.25, -0.2) is 0 Å². The Morgan fingerprint density at radius 1 is 1.28 bits per heavy atom. The molecule has 2 aromatic rings. The monoisotopic (exact) mass is 244 g/mol. The van der Waals surface area contributed by atoms with Crippen molar-refractivity contribution in [2.45, 2.75) is 6.42 Å². The zero-order chi connectivity index (χ0) is 13.0. The zero-order valence-corrected chi connectivity index (χ0v) is 9.83. The van der Waals surface area contributed by atoms with Crippen molar-refractivity contribution in [1.82, 2.24) is 10.2 Å². The number of carboxylic acid groups (broad SMARTS) is 1. The number of ether oxygens (including phenoxy) is 1. The van der Waals surface area contributed by atoms with E-state index in [9.17, 15) is 4.79 Å². The maximum absolute atomic E-state index is 10.7. The van der Waals surface area contributed by atoms with Crippen molar-refractivity contribution < 1.29 is 14.6 Å². The second-order valence-electron chi connectivity index (χ2n) is 3.73. The van der Waals surface area contributed by atoms with Crippen molar-refractivity contribution >= 4 is 5.97 Å². The fourth-order valence-electron chi connectivity index (χ4n) is 1.60. The minimum Gasteiger partial charge on any atom is -0.481 e. The molecule has 2 rings (SSSR count). The van der Waals surface area contributed by atoms with Crippen LogP contribution in [-0.2, 0) is 11.2 Å². The van der Waals surface area contributed by atoms with E-state index in [-0.39, 0.29) is 6.42 Å². The fraction of sp³-hybridized carbons (Fsp3) is 0.154. The largest absolute Gasteiger partial charge is 0.481 e. The molecule has 0 bridgehead atoms. The fourth-order valence-corrected chi connectivity index (χ4v) is 1.60. The van der Waals surface area contributed by atoms with Crippen LogP contribution in [0.25, 0.3) is 11.3 Å². The van der Waals surface area contributed by atoms with Crippen molar-refractivity contribution in [1.29, 1.82) is 0 Å². The summed E-state index contributed by atoms with van der Waals surface area (Å²) in [6, 6.07) is 10.7. The van der Waals surface area contributed by atoms with Crippen molar-refractivity contribution in [2.75, 3.05) is 7.11 Å². The lowest BCUT2D eigenvalue weighted by atomic mass is 10.1. The maximum atomic E-state index is 10.7. The smallest absolute Gasteiger partial charge is 0.307 e. The third-order valence-electron chi connectivity index (χ3n) is 2.43. The molecule has 0 aliphatic rings. The molecule has 92 valence electrons. The van der Waals surface area contributed by atoms with Gasteiger partial charge in [0.05, 0.1) is 19.2 Å². The molecule has 0 saturated heterocycles. The third kappa shape index (κ3) is 2.82. The number of benzene rings is 1. The first-order valence-electron chi connectivity index (χ1n) is 5.38. The van der Waals surface area contributed by atoms with Gasteiger partial charge in [-0.05, 0) is 17.7 Å². The van der Waals surface area contributed by atoms with E-state index in [4.69, 9.17) is 9.84 Å².